The van der Waals surface area contributed by atoms with E-state index in [1.807, 2.05) is 0 Å². The summed E-state index contributed by atoms with van der Waals surface area (Å²) in [6.45, 7) is 11.0. The van der Waals surface area contributed by atoms with Gasteiger partial charge in [0.25, 0.3) is 0 Å². The standard InChI is InChI=1S/C13H26N2O/c1-3-13(5-6-13)11-14-9-12-10-15(4-2)7-8-16-12/h12,14H,3-11H2,1-2H3. The van der Waals surface area contributed by atoms with Crippen molar-refractivity contribution in [1.29, 1.82) is 0 Å². The molecule has 1 aliphatic carbocycles. The van der Waals surface area contributed by atoms with E-state index < -0.39 is 0 Å². The van der Waals surface area contributed by atoms with Gasteiger partial charge in [-0.1, -0.05) is 13.8 Å². The van der Waals surface area contributed by atoms with Crippen LogP contribution in [0.5, 0.6) is 0 Å². The van der Waals surface area contributed by atoms with Crippen LogP contribution in [0.4, 0.5) is 0 Å². The Morgan fingerprint density at radius 3 is 2.81 bits per heavy atom. The summed E-state index contributed by atoms with van der Waals surface area (Å²) in [7, 11) is 0. The van der Waals surface area contributed by atoms with E-state index in [1.165, 1.54) is 25.8 Å². The van der Waals surface area contributed by atoms with E-state index in [-0.39, 0.29) is 0 Å². The number of hydrogen-bond donors (Lipinski definition) is 1. The Kier molecular flexibility index (Phi) is 4.22. The summed E-state index contributed by atoms with van der Waals surface area (Å²) in [5.41, 5.74) is 0.652. The van der Waals surface area contributed by atoms with Gasteiger partial charge in [-0.25, -0.2) is 0 Å². The minimum Gasteiger partial charge on any atom is -0.374 e. The minimum atomic E-state index is 0.404. The van der Waals surface area contributed by atoms with Crippen molar-refractivity contribution in [2.24, 2.45) is 5.41 Å². The van der Waals surface area contributed by atoms with E-state index in [0.29, 0.717) is 11.5 Å². The Balaban J connectivity index is 1.62. The number of rotatable bonds is 6. The normalized spacial score (nSPS) is 29.2. The second-order valence-corrected chi connectivity index (χ2v) is 5.37. The van der Waals surface area contributed by atoms with Crippen LogP contribution in [0.1, 0.15) is 33.1 Å². The maximum atomic E-state index is 5.77. The molecule has 1 saturated heterocycles. The summed E-state index contributed by atoms with van der Waals surface area (Å²) in [4.78, 5) is 2.47. The average molecular weight is 226 g/mol. The molecule has 1 unspecified atom stereocenters. The van der Waals surface area contributed by atoms with Crippen molar-refractivity contribution < 1.29 is 4.74 Å². The summed E-state index contributed by atoms with van der Waals surface area (Å²) in [5, 5.41) is 3.60. The smallest absolute Gasteiger partial charge is 0.0826 e. The zero-order valence-electron chi connectivity index (χ0n) is 10.8. The first kappa shape index (κ1) is 12.3. The van der Waals surface area contributed by atoms with Gasteiger partial charge in [0.1, 0.15) is 0 Å². The molecule has 0 aromatic carbocycles. The zero-order chi connectivity index (χ0) is 11.4. The predicted molar refractivity (Wildman–Crippen MR) is 66.7 cm³/mol. The van der Waals surface area contributed by atoms with Gasteiger partial charge in [0.2, 0.25) is 0 Å². The van der Waals surface area contributed by atoms with Crippen molar-refractivity contribution >= 4 is 0 Å². The first-order valence-electron chi connectivity index (χ1n) is 6.83. The molecule has 2 rings (SSSR count). The summed E-state index contributed by atoms with van der Waals surface area (Å²) >= 11 is 0. The Morgan fingerprint density at radius 1 is 1.38 bits per heavy atom. The van der Waals surface area contributed by atoms with Crippen LogP contribution in [0.2, 0.25) is 0 Å². The molecule has 0 bridgehead atoms. The quantitative estimate of drug-likeness (QED) is 0.742. The molecule has 3 nitrogen and oxygen atoms in total. The minimum absolute atomic E-state index is 0.404. The molecular weight excluding hydrogens is 200 g/mol. The van der Waals surface area contributed by atoms with Crippen molar-refractivity contribution in [1.82, 2.24) is 10.2 Å². The second-order valence-electron chi connectivity index (χ2n) is 5.37. The van der Waals surface area contributed by atoms with Gasteiger partial charge in [0.05, 0.1) is 12.7 Å². The molecule has 3 heteroatoms. The van der Waals surface area contributed by atoms with Crippen LogP contribution in [0, 0.1) is 5.41 Å². The third-order valence-corrected chi connectivity index (χ3v) is 4.25. The van der Waals surface area contributed by atoms with Crippen molar-refractivity contribution in [3.05, 3.63) is 0 Å². The number of nitrogens with zero attached hydrogens (tertiary/aromatic N) is 1. The number of morpholine rings is 1. The van der Waals surface area contributed by atoms with Gasteiger partial charge in [-0.3, -0.25) is 4.90 Å². The highest BCUT2D eigenvalue weighted by molar-refractivity contribution is 4.93. The molecule has 1 saturated carbocycles. The fourth-order valence-electron chi connectivity index (χ4n) is 2.52. The van der Waals surface area contributed by atoms with Crippen molar-refractivity contribution in [2.45, 2.75) is 39.2 Å². The van der Waals surface area contributed by atoms with Crippen LogP contribution in [-0.2, 0) is 4.74 Å². The number of hydrogen-bond acceptors (Lipinski definition) is 3. The first-order valence-corrected chi connectivity index (χ1v) is 6.83. The van der Waals surface area contributed by atoms with E-state index in [9.17, 15) is 0 Å². The summed E-state index contributed by atoms with van der Waals surface area (Å²) in [6, 6.07) is 0. The van der Waals surface area contributed by atoms with Crippen molar-refractivity contribution in [3.63, 3.8) is 0 Å². The van der Waals surface area contributed by atoms with Crippen molar-refractivity contribution in [3.8, 4) is 0 Å². The van der Waals surface area contributed by atoms with Gasteiger partial charge in [-0.2, -0.15) is 0 Å². The predicted octanol–water partition coefficient (Wildman–Crippen LogP) is 1.49. The lowest BCUT2D eigenvalue weighted by atomic mass is 10.0. The van der Waals surface area contributed by atoms with Gasteiger partial charge in [0, 0.05) is 26.2 Å². The van der Waals surface area contributed by atoms with Gasteiger partial charge in [-0.05, 0) is 31.2 Å². The molecule has 1 atom stereocenters. The van der Waals surface area contributed by atoms with E-state index in [0.717, 1.165) is 32.8 Å². The Labute approximate surface area is 99.5 Å². The number of ether oxygens (including phenoxy) is 1. The monoisotopic (exact) mass is 226 g/mol. The highest BCUT2D eigenvalue weighted by Gasteiger charge is 2.40. The molecule has 0 amide bonds. The van der Waals surface area contributed by atoms with Gasteiger partial charge in [-0.15, -0.1) is 0 Å². The molecule has 1 aliphatic heterocycles. The van der Waals surface area contributed by atoms with E-state index in [1.54, 1.807) is 0 Å². The molecule has 0 radical (unpaired) electrons. The van der Waals surface area contributed by atoms with Gasteiger partial charge >= 0.3 is 0 Å². The lowest BCUT2D eigenvalue weighted by molar-refractivity contribution is -0.0256. The third kappa shape index (κ3) is 3.19. The molecule has 0 aromatic heterocycles. The fourth-order valence-corrected chi connectivity index (χ4v) is 2.52. The maximum Gasteiger partial charge on any atom is 0.0826 e. The summed E-state index contributed by atoms with van der Waals surface area (Å²) < 4.78 is 5.77. The molecule has 1 heterocycles. The molecule has 2 aliphatic rings. The molecular formula is C13H26N2O. The number of nitrogens with one attached hydrogen (secondary N) is 1. The van der Waals surface area contributed by atoms with Crippen molar-refractivity contribution in [2.75, 3.05) is 39.3 Å². The summed E-state index contributed by atoms with van der Waals surface area (Å²) in [6.07, 6.45) is 4.57. The van der Waals surface area contributed by atoms with Crippen LogP contribution in [0.3, 0.4) is 0 Å². The molecule has 2 fully saturated rings. The molecule has 94 valence electrons. The van der Waals surface area contributed by atoms with Crippen LogP contribution in [0.15, 0.2) is 0 Å². The lowest BCUT2D eigenvalue weighted by Gasteiger charge is -2.32. The lowest BCUT2D eigenvalue weighted by Crippen LogP contribution is -2.47. The maximum absolute atomic E-state index is 5.77. The van der Waals surface area contributed by atoms with Crippen LogP contribution in [-0.4, -0.2) is 50.3 Å². The fraction of sp³-hybridized carbons (Fsp3) is 1.00. The SMILES string of the molecule is CCN1CCOC(CNCC2(CC)CC2)C1. The molecule has 0 aromatic rings. The van der Waals surface area contributed by atoms with Crippen LogP contribution >= 0.6 is 0 Å². The molecule has 0 spiro atoms. The largest absolute Gasteiger partial charge is 0.374 e. The van der Waals surface area contributed by atoms with E-state index in [4.69, 9.17) is 4.74 Å². The van der Waals surface area contributed by atoms with Gasteiger partial charge in [0.15, 0.2) is 0 Å². The zero-order valence-corrected chi connectivity index (χ0v) is 10.8. The highest BCUT2D eigenvalue weighted by Crippen LogP contribution is 2.47. The van der Waals surface area contributed by atoms with E-state index >= 15 is 0 Å². The van der Waals surface area contributed by atoms with Gasteiger partial charge < -0.3 is 10.1 Å². The Morgan fingerprint density at radius 2 is 2.19 bits per heavy atom. The second kappa shape index (κ2) is 5.48. The Hall–Kier alpha value is -0.120. The van der Waals surface area contributed by atoms with Crippen LogP contribution in [0.25, 0.3) is 0 Å². The molecule has 1 N–H and O–H groups in total. The first-order chi connectivity index (χ1) is 7.78. The topological polar surface area (TPSA) is 24.5 Å². The average Bonchev–Trinajstić information content (AvgIpc) is 3.10. The summed E-state index contributed by atoms with van der Waals surface area (Å²) in [5.74, 6) is 0. The highest BCUT2D eigenvalue weighted by atomic mass is 16.5. The third-order valence-electron chi connectivity index (χ3n) is 4.25. The molecule has 16 heavy (non-hydrogen) atoms. The van der Waals surface area contributed by atoms with E-state index in [2.05, 4.69) is 24.1 Å². The number of likely N-dealkylation sites (N-methyl/N-ethyl adjacent to an activating group) is 1. The van der Waals surface area contributed by atoms with Crippen LogP contribution < -0.4 is 5.32 Å². The Bertz CT molecular complexity index is 216.